The van der Waals surface area contributed by atoms with E-state index in [9.17, 15) is 14.9 Å². The first-order chi connectivity index (χ1) is 11.0. The zero-order chi connectivity index (χ0) is 16.8. The summed E-state index contributed by atoms with van der Waals surface area (Å²) >= 11 is 2.13. The number of nitro benzene ring substituents is 1. The van der Waals surface area contributed by atoms with Gasteiger partial charge >= 0.3 is 0 Å². The lowest BCUT2D eigenvalue weighted by atomic mass is 10.2. The summed E-state index contributed by atoms with van der Waals surface area (Å²) in [5, 5.41) is 14.5. The third-order valence-electron chi connectivity index (χ3n) is 2.87. The van der Waals surface area contributed by atoms with Crippen molar-refractivity contribution in [3.63, 3.8) is 0 Å². The van der Waals surface area contributed by atoms with Gasteiger partial charge in [-0.05, 0) is 52.4 Å². The molecule has 0 aliphatic carbocycles. The van der Waals surface area contributed by atoms with Gasteiger partial charge in [0, 0.05) is 17.7 Å². The summed E-state index contributed by atoms with van der Waals surface area (Å²) in [7, 11) is 1.59. The lowest BCUT2D eigenvalue weighted by molar-refractivity contribution is -0.384. The number of amides is 1. The van der Waals surface area contributed by atoms with Gasteiger partial charge in [0.05, 0.1) is 21.8 Å². The molecule has 7 nitrogen and oxygen atoms in total. The van der Waals surface area contributed by atoms with Gasteiger partial charge in [-0.1, -0.05) is 6.07 Å². The highest BCUT2D eigenvalue weighted by atomic mass is 127. The maximum atomic E-state index is 11.9. The maximum absolute atomic E-state index is 11.9. The van der Waals surface area contributed by atoms with Gasteiger partial charge in [0.2, 0.25) is 0 Å². The van der Waals surface area contributed by atoms with Gasteiger partial charge in [-0.15, -0.1) is 0 Å². The molecule has 0 aliphatic rings. The highest BCUT2D eigenvalue weighted by molar-refractivity contribution is 14.1. The Morgan fingerprint density at radius 3 is 2.78 bits per heavy atom. The fourth-order valence-corrected chi connectivity index (χ4v) is 2.51. The van der Waals surface area contributed by atoms with Crippen molar-refractivity contribution in [2.45, 2.75) is 0 Å². The van der Waals surface area contributed by atoms with Crippen LogP contribution in [0.25, 0.3) is 0 Å². The molecule has 0 heterocycles. The normalized spacial score (nSPS) is 10.5. The Balaban J connectivity index is 2.05. The zero-order valence-electron chi connectivity index (χ0n) is 12.0. The van der Waals surface area contributed by atoms with E-state index in [1.54, 1.807) is 19.2 Å². The molecule has 1 amide bonds. The van der Waals surface area contributed by atoms with E-state index in [2.05, 4.69) is 33.1 Å². The van der Waals surface area contributed by atoms with Gasteiger partial charge in [0.1, 0.15) is 5.75 Å². The fraction of sp³-hybridized carbons (Fsp3) is 0.0667. The number of rotatable bonds is 5. The van der Waals surface area contributed by atoms with Crippen molar-refractivity contribution >= 4 is 40.4 Å². The minimum Gasteiger partial charge on any atom is -0.496 e. The molecule has 118 valence electrons. The largest absolute Gasteiger partial charge is 0.496 e. The average molecular weight is 425 g/mol. The van der Waals surface area contributed by atoms with E-state index in [-0.39, 0.29) is 11.3 Å². The van der Waals surface area contributed by atoms with Crippen LogP contribution in [0, 0.1) is 13.7 Å². The molecule has 0 radical (unpaired) electrons. The first-order valence-corrected chi connectivity index (χ1v) is 7.50. The zero-order valence-corrected chi connectivity index (χ0v) is 14.2. The third-order valence-corrected chi connectivity index (χ3v) is 3.72. The molecule has 23 heavy (non-hydrogen) atoms. The summed E-state index contributed by atoms with van der Waals surface area (Å²) in [4.78, 5) is 22.0. The van der Waals surface area contributed by atoms with Gasteiger partial charge in [-0.2, -0.15) is 5.10 Å². The molecular formula is C15H12IN3O4. The fourth-order valence-electron chi connectivity index (χ4n) is 1.75. The van der Waals surface area contributed by atoms with Crippen molar-refractivity contribution in [3.8, 4) is 5.75 Å². The lowest BCUT2D eigenvalue weighted by Gasteiger charge is -2.03. The van der Waals surface area contributed by atoms with Gasteiger partial charge in [0.15, 0.2) is 0 Å². The molecule has 0 saturated heterocycles. The number of carbonyl (C=O) groups excluding carboxylic acids is 1. The second kappa shape index (κ2) is 7.68. The van der Waals surface area contributed by atoms with E-state index in [1.807, 2.05) is 6.07 Å². The number of nitro groups is 1. The monoisotopic (exact) mass is 425 g/mol. The molecule has 0 bridgehead atoms. The molecule has 2 aromatic carbocycles. The molecule has 0 unspecified atom stereocenters. The molecule has 0 spiro atoms. The van der Waals surface area contributed by atoms with Crippen molar-refractivity contribution < 1.29 is 14.5 Å². The molecule has 2 rings (SSSR count). The minimum atomic E-state index is -0.556. The SMILES string of the molecule is COc1ccc(C=NNC(=O)c2cccc([N+](=O)[O-])c2)cc1I. The van der Waals surface area contributed by atoms with Crippen LogP contribution in [0.1, 0.15) is 15.9 Å². The van der Waals surface area contributed by atoms with E-state index in [0.717, 1.165) is 14.9 Å². The molecule has 2 aromatic rings. The molecular weight excluding hydrogens is 413 g/mol. The second-order valence-corrected chi connectivity index (χ2v) is 5.56. The number of ether oxygens (including phenoxy) is 1. The molecule has 8 heteroatoms. The Kier molecular flexibility index (Phi) is 5.63. The molecule has 0 fully saturated rings. The number of nitrogens with one attached hydrogen (secondary N) is 1. The van der Waals surface area contributed by atoms with Crippen LogP contribution in [-0.2, 0) is 0 Å². The number of carbonyl (C=O) groups is 1. The van der Waals surface area contributed by atoms with E-state index < -0.39 is 10.8 Å². The number of hydrogen-bond donors (Lipinski definition) is 1. The number of halogens is 1. The Morgan fingerprint density at radius 2 is 2.13 bits per heavy atom. The summed E-state index contributed by atoms with van der Waals surface area (Å²) < 4.78 is 6.07. The number of methoxy groups -OCH3 is 1. The van der Waals surface area contributed by atoms with Crippen molar-refractivity contribution in [1.82, 2.24) is 5.43 Å². The van der Waals surface area contributed by atoms with Crippen LogP contribution in [0.2, 0.25) is 0 Å². The number of benzene rings is 2. The van der Waals surface area contributed by atoms with Crippen LogP contribution in [0.5, 0.6) is 5.75 Å². The van der Waals surface area contributed by atoms with Crippen molar-refractivity contribution in [1.29, 1.82) is 0 Å². The molecule has 0 saturated carbocycles. The highest BCUT2D eigenvalue weighted by Gasteiger charge is 2.10. The third kappa shape index (κ3) is 4.49. The Labute approximate surface area is 145 Å². The Bertz CT molecular complexity index is 777. The van der Waals surface area contributed by atoms with Crippen LogP contribution < -0.4 is 10.2 Å². The number of hydrogen-bond acceptors (Lipinski definition) is 5. The molecule has 1 N–H and O–H groups in total. The standard InChI is InChI=1S/C15H12IN3O4/c1-23-14-6-5-10(7-13(14)16)9-17-18-15(20)11-3-2-4-12(8-11)19(21)22/h2-9H,1H3,(H,18,20). The topological polar surface area (TPSA) is 93.8 Å². The van der Waals surface area contributed by atoms with Crippen LogP contribution in [0.4, 0.5) is 5.69 Å². The number of nitrogens with zero attached hydrogens (tertiary/aromatic N) is 2. The van der Waals surface area contributed by atoms with E-state index >= 15 is 0 Å². The van der Waals surface area contributed by atoms with E-state index in [0.29, 0.717) is 0 Å². The molecule has 0 aliphatic heterocycles. The molecule has 0 aromatic heterocycles. The summed E-state index contributed by atoms with van der Waals surface area (Å²) in [5.41, 5.74) is 3.14. The van der Waals surface area contributed by atoms with Crippen LogP contribution >= 0.6 is 22.6 Å². The predicted molar refractivity (Wildman–Crippen MR) is 93.9 cm³/mol. The lowest BCUT2D eigenvalue weighted by Crippen LogP contribution is -2.17. The van der Waals surface area contributed by atoms with E-state index in [4.69, 9.17) is 4.74 Å². The summed E-state index contributed by atoms with van der Waals surface area (Å²) in [6.07, 6.45) is 1.48. The van der Waals surface area contributed by atoms with Crippen LogP contribution in [-0.4, -0.2) is 24.2 Å². The van der Waals surface area contributed by atoms with Crippen molar-refractivity contribution in [2.75, 3.05) is 7.11 Å². The number of non-ortho nitro benzene ring substituents is 1. The average Bonchev–Trinajstić information content (AvgIpc) is 2.55. The highest BCUT2D eigenvalue weighted by Crippen LogP contribution is 2.20. The Hall–Kier alpha value is -2.49. The quantitative estimate of drug-likeness (QED) is 0.345. The summed E-state index contributed by atoms with van der Waals surface area (Å²) in [6.45, 7) is 0. The van der Waals surface area contributed by atoms with Crippen LogP contribution in [0.3, 0.4) is 0 Å². The smallest absolute Gasteiger partial charge is 0.271 e. The van der Waals surface area contributed by atoms with Gasteiger partial charge in [0.25, 0.3) is 11.6 Å². The predicted octanol–water partition coefficient (Wildman–Crippen LogP) is 2.97. The molecule has 0 atom stereocenters. The summed E-state index contributed by atoms with van der Waals surface area (Å²) in [6, 6.07) is 10.9. The van der Waals surface area contributed by atoms with Gasteiger partial charge in [-0.25, -0.2) is 5.43 Å². The second-order valence-electron chi connectivity index (χ2n) is 4.40. The number of hydrazone groups is 1. The van der Waals surface area contributed by atoms with E-state index in [1.165, 1.54) is 30.5 Å². The first kappa shape index (κ1) is 16.9. The Morgan fingerprint density at radius 1 is 1.35 bits per heavy atom. The van der Waals surface area contributed by atoms with Gasteiger partial charge in [-0.3, -0.25) is 14.9 Å². The van der Waals surface area contributed by atoms with Crippen LogP contribution in [0.15, 0.2) is 47.6 Å². The van der Waals surface area contributed by atoms with Crippen molar-refractivity contribution in [2.24, 2.45) is 5.10 Å². The first-order valence-electron chi connectivity index (χ1n) is 6.42. The van der Waals surface area contributed by atoms with Gasteiger partial charge < -0.3 is 4.74 Å². The maximum Gasteiger partial charge on any atom is 0.271 e. The summed E-state index contributed by atoms with van der Waals surface area (Å²) in [5.74, 6) is 0.233. The van der Waals surface area contributed by atoms with Crippen molar-refractivity contribution in [3.05, 3.63) is 67.3 Å². The minimum absolute atomic E-state index is 0.147.